The van der Waals surface area contributed by atoms with Gasteiger partial charge in [0.1, 0.15) is 0 Å². The second kappa shape index (κ2) is 8.11. The van der Waals surface area contributed by atoms with E-state index in [9.17, 15) is 0 Å². The molecule has 0 radical (unpaired) electrons. The first kappa shape index (κ1) is 16.7. The fraction of sp³-hybridized carbons (Fsp3) is 0.812. The molecule has 5 heteroatoms. The van der Waals surface area contributed by atoms with Crippen LogP contribution >= 0.6 is 11.3 Å². The van der Waals surface area contributed by atoms with Gasteiger partial charge in [0.05, 0.1) is 0 Å². The highest BCUT2D eigenvalue weighted by atomic mass is 32.1. The zero-order valence-corrected chi connectivity index (χ0v) is 14.7. The summed E-state index contributed by atoms with van der Waals surface area (Å²) in [5.74, 6) is 0.697. The van der Waals surface area contributed by atoms with Crippen molar-refractivity contribution in [2.75, 3.05) is 38.1 Å². The van der Waals surface area contributed by atoms with Gasteiger partial charge in [0.25, 0.3) is 0 Å². The first-order chi connectivity index (χ1) is 10.1. The minimum Gasteiger partial charge on any atom is -0.350 e. The Balaban J connectivity index is 1.82. The fourth-order valence-electron chi connectivity index (χ4n) is 2.95. The van der Waals surface area contributed by atoms with Crippen molar-refractivity contribution in [1.82, 2.24) is 15.2 Å². The van der Waals surface area contributed by atoms with E-state index in [0.29, 0.717) is 12.0 Å². The van der Waals surface area contributed by atoms with Crippen LogP contribution in [0.15, 0.2) is 6.20 Å². The fourth-order valence-corrected chi connectivity index (χ4v) is 3.80. The minimum atomic E-state index is 0.697. The molecule has 0 aromatic carbocycles. The zero-order valence-electron chi connectivity index (χ0n) is 13.9. The van der Waals surface area contributed by atoms with E-state index < -0.39 is 0 Å². The summed E-state index contributed by atoms with van der Waals surface area (Å²) in [5.41, 5.74) is 0. The van der Waals surface area contributed by atoms with Crippen LogP contribution in [0.25, 0.3) is 0 Å². The number of hydrogen-bond donors (Lipinski definition) is 1. The summed E-state index contributed by atoms with van der Waals surface area (Å²) in [6, 6.07) is 0.700. The lowest BCUT2D eigenvalue weighted by molar-refractivity contribution is 0.270. The van der Waals surface area contributed by atoms with Gasteiger partial charge in [0.15, 0.2) is 5.13 Å². The van der Waals surface area contributed by atoms with Crippen molar-refractivity contribution in [3.63, 3.8) is 0 Å². The van der Waals surface area contributed by atoms with E-state index in [2.05, 4.69) is 47.9 Å². The molecule has 1 unspecified atom stereocenters. The molecule has 21 heavy (non-hydrogen) atoms. The third kappa shape index (κ3) is 4.94. The summed E-state index contributed by atoms with van der Waals surface area (Å²) in [7, 11) is 2.18. The molecule has 1 aliphatic heterocycles. The Labute approximate surface area is 133 Å². The predicted octanol–water partition coefficient (Wildman–Crippen LogP) is 2.81. The lowest BCUT2D eigenvalue weighted by Crippen LogP contribution is -2.38. The smallest absolute Gasteiger partial charge is 0.185 e. The Morgan fingerprint density at radius 2 is 2.33 bits per heavy atom. The molecule has 4 nitrogen and oxygen atoms in total. The van der Waals surface area contributed by atoms with E-state index in [1.165, 1.54) is 30.8 Å². The number of likely N-dealkylation sites (N-methyl/N-ethyl adjacent to an activating group) is 2. The number of hydrogen-bond acceptors (Lipinski definition) is 5. The van der Waals surface area contributed by atoms with Crippen molar-refractivity contribution < 1.29 is 0 Å². The van der Waals surface area contributed by atoms with Crippen molar-refractivity contribution >= 4 is 16.5 Å². The maximum Gasteiger partial charge on any atom is 0.185 e. The molecule has 1 fully saturated rings. The van der Waals surface area contributed by atoms with Crippen LogP contribution in [0.3, 0.4) is 0 Å². The third-order valence-corrected chi connectivity index (χ3v) is 5.22. The van der Waals surface area contributed by atoms with E-state index in [-0.39, 0.29) is 0 Å². The molecule has 2 heterocycles. The zero-order chi connectivity index (χ0) is 15.2. The molecule has 0 saturated carbocycles. The molecule has 1 aromatic heterocycles. The van der Waals surface area contributed by atoms with Crippen molar-refractivity contribution in [1.29, 1.82) is 0 Å². The minimum absolute atomic E-state index is 0.697. The van der Waals surface area contributed by atoms with Crippen molar-refractivity contribution in [2.45, 2.75) is 46.2 Å². The average molecular weight is 311 g/mol. The molecule has 1 N–H and O–H groups in total. The monoisotopic (exact) mass is 310 g/mol. The van der Waals surface area contributed by atoms with Gasteiger partial charge in [0, 0.05) is 37.3 Å². The van der Waals surface area contributed by atoms with Gasteiger partial charge in [-0.15, -0.1) is 11.3 Å². The van der Waals surface area contributed by atoms with Gasteiger partial charge in [-0.1, -0.05) is 20.8 Å². The number of aromatic nitrogens is 1. The Bertz CT molecular complexity index is 418. The van der Waals surface area contributed by atoms with Crippen LogP contribution in [0.1, 0.15) is 38.5 Å². The topological polar surface area (TPSA) is 31.4 Å². The number of rotatable bonds is 8. The molecule has 0 aliphatic carbocycles. The Hall–Kier alpha value is -0.650. The number of thiazole rings is 1. The van der Waals surface area contributed by atoms with Crippen molar-refractivity contribution in [2.24, 2.45) is 5.92 Å². The van der Waals surface area contributed by atoms with Crippen LogP contribution in [0.2, 0.25) is 0 Å². The average Bonchev–Trinajstić information content (AvgIpc) is 3.07. The van der Waals surface area contributed by atoms with Crippen LogP contribution in [0.4, 0.5) is 5.13 Å². The molecule has 1 aliphatic rings. The van der Waals surface area contributed by atoms with E-state index in [0.717, 1.165) is 24.8 Å². The van der Waals surface area contributed by atoms with Gasteiger partial charge < -0.3 is 10.2 Å². The molecule has 1 saturated heterocycles. The van der Waals surface area contributed by atoms with Crippen molar-refractivity contribution in [3.05, 3.63) is 11.1 Å². The van der Waals surface area contributed by atoms with Gasteiger partial charge in [-0.3, -0.25) is 4.90 Å². The summed E-state index contributed by atoms with van der Waals surface area (Å²) in [5, 5.41) is 4.64. The molecule has 2 rings (SSSR count). The second-order valence-electron chi connectivity index (χ2n) is 6.44. The van der Waals surface area contributed by atoms with E-state index >= 15 is 0 Å². The molecular weight excluding hydrogens is 280 g/mol. The highest BCUT2D eigenvalue weighted by Gasteiger charge is 2.24. The van der Waals surface area contributed by atoms with Gasteiger partial charge in [0.2, 0.25) is 0 Å². The maximum absolute atomic E-state index is 4.59. The molecule has 120 valence electrons. The lowest BCUT2D eigenvalue weighted by atomic mass is 10.2. The molecular formula is C16H30N4S. The number of likely N-dealkylation sites (tertiary alicyclic amines) is 1. The van der Waals surface area contributed by atoms with Gasteiger partial charge in [-0.2, -0.15) is 0 Å². The molecule has 0 bridgehead atoms. The molecule has 1 atom stereocenters. The maximum atomic E-state index is 4.59. The molecule has 0 amide bonds. The van der Waals surface area contributed by atoms with E-state index in [4.69, 9.17) is 0 Å². The highest BCUT2D eigenvalue weighted by molar-refractivity contribution is 7.15. The number of anilines is 1. The molecule has 1 aromatic rings. The number of nitrogens with one attached hydrogen (secondary N) is 1. The second-order valence-corrected chi connectivity index (χ2v) is 7.53. The Kier molecular flexibility index (Phi) is 6.45. The summed E-state index contributed by atoms with van der Waals surface area (Å²) in [6.07, 6.45) is 4.69. The Morgan fingerprint density at radius 1 is 1.52 bits per heavy atom. The summed E-state index contributed by atoms with van der Waals surface area (Å²) >= 11 is 1.82. The number of nitrogens with zero attached hydrogens (tertiary/aromatic N) is 3. The SMILES string of the molecule is CCN1CCCC1CN(C)c1ncc(CNCC(C)C)s1. The van der Waals surface area contributed by atoms with Crippen molar-refractivity contribution in [3.8, 4) is 0 Å². The van der Waals surface area contributed by atoms with Crippen LogP contribution in [-0.2, 0) is 6.54 Å². The van der Waals surface area contributed by atoms with Crippen LogP contribution in [-0.4, -0.2) is 49.2 Å². The third-order valence-electron chi connectivity index (χ3n) is 4.11. The Morgan fingerprint density at radius 3 is 3.05 bits per heavy atom. The van der Waals surface area contributed by atoms with E-state index in [1.54, 1.807) is 0 Å². The van der Waals surface area contributed by atoms with E-state index in [1.807, 2.05) is 17.5 Å². The highest BCUT2D eigenvalue weighted by Crippen LogP contribution is 2.24. The first-order valence-electron chi connectivity index (χ1n) is 8.20. The van der Waals surface area contributed by atoms with Gasteiger partial charge in [-0.25, -0.2) is 4.98 Å². The largest absolute Gasteiger partial charge is 0.350 e. The standard InChI is InChI=1S/C16H30N4S/c1-5-20-8-6-7-14(20)12-19(4)16-18-11-15(21-16)10-17-9-13(2)3/h11,13-14,17H,5-10,12H2,1-4H3. The van der Waals surface area contributed by atoms with Crippen LogP contribution < -0.4 is 10.2 Å². The first-order valence-corrected chi connectivity index (χ1v) is 9.02. The van der Waals surface area contributed by atoms with Crippen LogP contribution in [0.5, 0.6) is 0 Å². The van der Waals surface area contributed by atoms with Gasteiger partial charge >= 0.3 is 0 Å². The summed E-state index contributed by atoms with van der Waals surface area (Å²) in [4.78, 5) is 10.8. The summed E-state index contributed by atoms with van der Waals surface area (Å²) < 4.78 is 0. The normalized spacial score (nSPS) is 19.6. The quantitative estimate of drug-likeness (QED) is 0.800. The van der Waals surface area contributed by atoms with Gasteiger partial charge in [-0.05, 0) is 38.4 Å². The van der Waals surface area contributed by atoms with Crippen LogP contribution in [0, 0.1) is 5.92 Å². The summed E-state index contributed by atoms with van der Waals surface area (Å²) in [6.45, 7) is 12.3. The molecule has 0 spiro atoms. The lowest BCUT2D eigenvalue weighted by Gasteiger charge is -2.27. The predicted molar refractivity (Wildman–Crippen MR) is 92.2 cm³/mol.